The Labute approximate surface area is 168 Å². The highest BCUT2D eigenvalue weighted by Crippen LogP contribution is 2.40. The molecule has 0 fully saturated rings. The van der Waals surface area contributed by atoms with Crippen LogP contribution in [0.25, 0.3) is 0 Å². The number of methoxy groups -OCH3 is 1. The topological polar surface area (TPSA) is 47.6 Å². The maximum absolute atomic E-state index is 13.2. The number of nitrogens with one attached hydrogen (secondary N) is 1. The Morgan fingerprint density at radius 3 is 2.57 bits per heavy atom. The van der Waals surface area contributed by atoms with Crippen LogP contribution in [0, 0.1) is 13.8 Å². The first-order chi connectivity index (χ1) is 13.1. The van der Waals surface area contributed by atoms with Crippen LogP contribution < -0.4 is 14.8 Å². The van der Waals surface area contributed by atoms with Crippen LogP contribution in [0.1, 0.15) is 78.7 Å². The highest BCUT2D eigenvalue weighted by molar-refractivity contribution is 5.96. The third-order valence-corrected chi connectivity index (χ3v) is 5.37. The summed E-state index contributed by atoms with van der Waals surface area (Å²) in [5.74, 6) is 1.89. The number of amides is 1. The number of rotatable bonds is 4. The zero-order valence-corrected chi connectivity index (χ0v) is 18.0. The third kappa shape index (κ3) is 4.01. The number of hydrogen-bond acceptors (Lipinski definition) is 3. The molecule has 28 heavy (non-hydrogen) atoms. The van der Waals surface area contributed by atoms with Gasteiger partial charge in [0.15, 0.2) is 0 Å². The molecule has 1 atom stereocenters. The molecule has 1 aliphatic rings. The van der Waals surface area contributed by atoms with Gasteiger partial charge in [-0.2, -0.15) is 0 Å². The lowest BCUT2D eigenvalue weighted by molar-refractivity contribution is 0.0619. The van der Waals surface area contributed by atoms with Crippen molar-refractivity contribution in [1.29, 1.82) is 0 Å². The minimum atomic E-state index is -0.335. The lowest BCUT2D eigenvalue weighted by Crippen LogP contribution is -2.41. The van der Waals surface area contributed by atoms with E-state index in [1.54, 1.807) is 7.11 Å². The van der Waals surface area contributed by atoms with Crippen molar-refractivity contribution in [2.24, 2.45) is 0 Å². The van der Waals surface area contributed by atoms with Crippen molar-refractivity contribution in [2.45, 2.75) is 65.5 Å². The molecule has 4 heteroatoms. The van der Waals surface area contributed by atoms with Gasteiger partial charge in [-0.25, -0.2) is 0 Å². The maximum Gasteiger partial charge on any atom is 0.252 e. The van der Waals surface area contributed by atoms with E-state index in [0.29, 0.717) is 5.56 Å². The van der Waals surface area contributed by atoms with Gasteiger partial charge in [0.2, 0.25) is 0 Å². The van der Waals surface area contributed by atoms with Crippen molar-refractivity contribution >= 4 is 5.91 Å². The summed E-state index contributed by atoms with van der Waals surface area (Å²) in [6.07, 6.45) is 0.724. The van der Waals surface area contributed by atoms with Crippen molar-refractivity contribution in [2.75, 3.05) is 7.11 Å². The van der Waals surface area contributed by atoms with Gasteiger partial charge in [-0.3, -0.25) is 4.79 Å². The Bertz CT molecular complexity index is 899. The number of carbonyl (C=O) groups excluding carboxylic acids is 1. The summed E-state index contributed by atoms with van der Waals surface area (Å²) in [4.78, 5) is 13.2. The van der Waals surface area contributed by atoms with E-state index in [1.807, 2.05) is 31.2 Å². The average molecular weight is 382 g/mol. The molecule has 0 unspecified atom stereocenters. The van der Waals surface area contributed by atoms with Crippen LogP contribution >= 0.6 is 0 Å². The van der Waals surface area contributed by atoms with Gasteiger partial charge in [-0.15, -0.1) is 0 Å². The first-order valence-electron chi connectivity index (χ1n) is 9.90. The van der Waals surface area contributed by atoms with Crippen molar-refractivity contribution in [3.8, 4) is 11.5 Å². The normalized spacial score (nSPS) is 17.6. The van der Waals surface area contributed by atoms with Crippen molar-refractivity contribution < 1.29 is 14.3 Å². The number of hydrogen-bond donors (Lipinski definition) is 1. The van der Waals surface area contributed by atoms with E-state index in [0.717, 1.165) is 40.2 Å². The summed E-state index contributed by atoms with van der Waals surface area (Å²) in [6, 6.07) is 9.99. The molecule has 3 rings (SSSR count). The second kappa shape index (κ2) is 7.50. The first-order valence-corrected chi connectivity index (χ1v) is 9.90. The van der Waals surface area contributed by atoms with Gasteiger partial charge in [0.25, 0.3) is 5.91 Å². The van der Waals surface area contributed by atoms with Gasteiger partial charge < -0.3 is 14.8 Å². The van der Waals surface area contributed by atoms with Crippen molar-refractivity contribution in [3.63, 3.8) is 0 Å². The molecule has 4 nitrogen and oxygen atoms in total. The SMILES string of the molecule is COc1cc(C)c(C(=O)N[C@H]2CC(C)(C)Oc3ccc(C)cc32)cc1C(C)C. The molecule has 0 aromatic heterocycles. The largest absolute Gasteiger partial charge is 0.496 e. The Morgan fingerprint density at radius 1 is 1.21 bits per heavy atom. The second-order valence-electron chi connectivity index (χ2n) is 8.70. The number of aryl methyl sites for hydroxylation is 2. The highest BCUT2D eigenvalue weighted by atomic mass is 16.5. The average Bonchev–Trinajstić information content (AvgIpc) is 2.60. The van der Waals surface area contributed by atoms with Gasteiger partial charge in [-0.05, 0) is 62.9 Å². The summed E-state index contributed by atoms with van der Waals surface area (Å²) in [5, 5.41) is 3.26. The molecule has 0 saturated heterocycles. The Morgan fingerprint density at radius 2 is 1.93 bits per heavy atom. The van der Waals surface area contributed by atoms with Crippen LogP contribution in [0.3, 0.4) is 0 Å². The van der Waals surface area contributed by atoms with Crippen molar-refractivity contribution in [1.82, 2.24) is 5.32 Å². The summed E-state index contributed by atoms with van der Waals surface area (Å²) >= 11 is 0. The van der Waals surface area contributed by atoms with Crippen LogP contribution in [0.5, 0.6) is 11.5 Å². The van der Waals surface area contributed by atoms with Crippen LogP contribution in [0.4, 0.5) is 0 Å². The Balaban J connectivity index is 1.95. The monoisotopic (exact) mass is 381 g/mol. The molecule has 2 aromatic carbocycles. The minimum Gasteiger partial charge on any atom is -0.496 e. The van der Waals surface area contributed by atoms with E-state index in [1.165, 1.54) is 0 Å². The van der Waals surface area contributed by atoms with E-state index in [-0.39, 0.29) is 23.5 Å². The third-order valence-electron chi connectivity index (χ3n) is 5.37. The second-order valence-corrected chi connectivity index (χ2v) is 8.70. The summed E-state index contributed by atoms with van der Waals surface area (Å²) in [7, 11) is 1.67. The molecule has 1 heterocycles. The van der Waals surface area contributed by atoms with Crippen LogP contribution in [-0.4, -0.2) is 18.6 Å². The molecule has 0 radical (unpaired) electrons. The minimum absolute atomic E-state index is 0.0581. The van der Waals surface area contributed by atoms with E-state index in [2.05, 4.69) is 46.0 Å². The lowest BCUT2D eigenvalue weighted by Gasteiger charge is -2.38. The van der Waals surface area contributed by atoms with Crippen LogP contribution in [0.2, 0.25) is 0 Å². The van der Waals surface area contributed by atoms with Crippen molar-refractivity contribution in [3.05, 3.63) is 58.1 Å². The molecular formula is C24H31NO3. The van der Waals surface area contributed by atoms with E-state index < -0.39 is 0 Å². The zero-order chi connectivity index (χ0) is 20.6. The van der Waals surface area contributed by atoms with Gasteiger partial charge in [0.05, 0.1) is 13.2 Å². The molecule has 150 valence electrons. The van der Waals surface area contributed by atoms with Crippen LogP contribution in [0.15, 0.2) is 30.3 Å². The maximum atomic E-state index is 13.2. The van der Waals surface area contributed by atoms with Gasteiger partial charge in [0, 0.05) is 17.5 Å². The fourth-order valence-electron chi connectivity index (χ4n) is 3.91. The number of carbonyl (C=O) groups is 1. The fourth-order valence-corrected chi connectivity index (χ4v) is 3.91. The number of fused-ring (bicyclic) bond motifs is 1. The van der Waals surface area contributed by atoms with Gasteiger partial charge in [-0.1, -0.05) is 31.5 Å². The fraction of sp³-hybridized carbons (Fsp3) is 0.458. The summed E-state index contributed by atoms with van der Waals surface area (Å²) in [5.41, 5.74) is 4.52. The molecule has 1 amide bonds. The summed E-state index contributed by atoms with van der Waals surface area (Å²) < 4.78 is 11.6. The molecule has 0 bridgehead atoms. The molecule has 2 aromatic rings. The zero-order valence-electron chi connectivity index (χ0n) is 18.0. The lowest BCUT2D eigenvalue weighted by atomic mass is 9.88. The quantitative estimate of drug-likeness (QED) is 0.764. The molecule has 0 spiro atoms. The first kappa shape index (κ1) is 20.2. The standard InChI is InChI=1S/C24H31NO3/c1-14(2)17-12-18(16(4)11-22(17)27-7)23(26)25-20-13-24(5,6)28-21-9-8-15(3)10-19(20)21/h8-12,14,20H,13H2,1-7H3,(H,25,26)/t20-/m0/s1. The molecule has 1 N–H and O–H groups in total. The van der Waals surface area contributed by atoms with Gasteiger partial charge in [0.1, 0.15) is 17.1 Å². The van der Waals surface area contributed by atoms with Crippen LogP contribution in [-0.2, 0) is 0 Å². The molecular weight excluding hydrogens is 350 g/mol. The molecule has 0 saturated carbocycles. The van der Waals surface area contributed by atoms with E-state index in [4.69, 9.17) is 9.47 Å². The molecule has 0 aliphatic carbocycles. The predicted molar refractivity (Wildman–Crippen MR) is 113 cm³/mol. The van der Waals surface area contributed by atoms with E-state index >= 15 is 0 Å². The number of benzene rings is 2. The summed E-state index contributed by atoms with van der Waals surface area (Å²) in [6.45, 7) is 12.3. The van der Waals surface area contributed by atoms with Gasteiger partial charge >= 0.3 is 0 Å². The van der Waals surface area contributed by atoms with E-state index in [9.17, 15) is 4.79 Å². The Kier molecular flexibility index (Phi) is 5.42. The Hall–Kier alpha value is -2.49. The smallest absolute Gasteiger partial charge is 0.252 e. The predicted octanol–water partition coefficient (Wildman–Crippen LogP) is 5.47. The number of ether oxygens (including phenoxy) is 2. The highest BCUT2D eigenvalue weighted by Gasteiger charge is 2.35. The molecule has 1 aliphatic heterocycles.